The molecule has 7 rings (SSSR count). The lowest BCUT2D eigenvalue weighted by Gasteiger charge is -2.10. The van der Waals surface area contributed by atoms with E-state index in [1.165, 1.54) is 16.7 Å². The summed E-state index contributed by atoms with van der Waals surface area (Å²) in [6, 6.07) is 58.6. The van der Waals surface area contributed by atoms with Crippen molar-refractivity contribution in [2.75, 3.05) is 0 Å². The number of rotatable bonds is 9. The SMILES string of the molecule is C(=C\c1ccc(-c2cc(-c3ccc(/C=C/c4ccccc4)cc3)nc(-c3ccc(/C=C/c4ccccc4)cc3)n2)cc1)/c1ccccc1.CC. The molecule has 0 amide bonds. The number of hydrogen-bond donors (Lipinski definition) is 0. The lowest BCUT2D eigenvalue weighted by atomic mass is 10.0. The first-order valence-corrected chi connectivity index (χ1v) is 17.1. The normalized spacial score (nSPS) is 11.2. The zero-order chi connectivity index (χ0) is 34.4. The van der Waals surface area contributed by atoms with E-state index in [4.69, 9.17) is 9.97 Å². The Morgan fingerprint density at radius 1 is 0.300 bits per heavy atom. The van der Waals surface area contributed by atoms with Gasteiger partial charge in [-0.05, 0) is 39.4 Å². The van der Waals surface area contributed by atoms with Gasteiger partial charge in [0.05, 0.1) is 11.4 Å². The fourth-order valence-electron chi connectivity index (χ4n) is 5.42. The maximum Gasteiger partial charge on any atom is 0.160 e. The van der Waals surface area contributed by atoms with Crippen LogP contribution in [0.25, 0.3) is 70.4 Å². The molecule has 0 N–H and O–H groups in total. The van der Waals surface area contributed by atoms with Gasteiger partial charge in [-0.15, -0.1) is 0 Å². The molecular weight excluding hydrogens is 605 g/mol. The van der Waals surface area contributed by atoms with E-state index >= 15 is 0 Å². The smallest absolute Gasteiger partial charge is 0.160 e. The van der Waals surface area contributed by atoms with Gasteiger partial charge in [-0.2, -0.15) is 0 Å². The van der Waals surface area contributed by atoms with E-state index < -0.39 is 0 Å². The molecule has 1 aromatic heterocycles. The first-order chi connectivity index (χ1) is 24.7. The third-order valence-corrected chi connectivity index (χ3v) is 8.11. The number of aromatic nitrogens is 2. The Bertz CT molecular complexity index is 1890. The summed E-state index contributed by atoms with van der Waals surface area (Å²) >= 11 is 0. The molecule has 0 fully saturated rings. The van der Waals surface area contributed by atoms with Crippen LogP contribution in [0.2, 0.25) is 0 Å². The summed E-state index contributed by atoms with van der Waals surface area (Å²) in [5.41, 5.74) is 11.7. The van der Waals surface area contributed by atoms with E-state index in [9.17, 15) is 0 Å². The molecule has 0 unspecified atom stereocenters. The highest BCUT2D eigenvalue weighted by atomic mass is 14.9. The van der Waals surface area contributed by atoms with Crippen molar-refractivity contribution in [3.63, 3.8) is 0 Å². The van der Waals surface area contributed by atoms with E-state index in [1.54, 1.807) is 0 Å². The van der Waals surface area contributed by atoms with Crippen molar-refractivity contribution in [2.45, 2.75) is 13.8 Å². The van der Waals surface area contributed by atoms with Crippen LogP contribution in [-0.2, 0) is 0 Å². The second-order valence-corrected chi connectivity index (χ2v) is 11.6. The minimum absolute atomic E-state index is 0.696. The van der Waals surface area contributed by atoms with Crippen molar-refractivity contribution in [3.05, 3.63) is 203 Å². The van der Waals surface area contributed by atoms with Crippen LogP contribution in [0.1, 0.15) is 47.2 Å². The molecule has 0 saturated carbocycles. The lowest BCUT2D eigenvalue weighted by molar-refractivity contribution is 1.18. The van der Waals surface area contributed by atoms with Gasteiger partial charge in [-0.3, -0.25) is 0 Å². The van der Waals surface area contributed by atoms with Crippen molar-refractivity contribution in [2.24, 2.45) is 0 Å². The zero-order valence-electron chi connectivity index (χ0n) is 28.5. The van der Waals surface area contributed by atoms with Crippen LogP contribution in [-0.4, -0.2) is 9.97 Å². The van der Waals surface area contributed by atoms with Gasteiger partial charge >= 0.3 is 0 Å². The Labute approximate surface area is 296 Å². The molecular formula is C48H40N2. The summed E-state index contributed by atoms with van der Waals surface area (Å²) in [7, 11) is 0. The summed E-state index contributed by atoms with van der Waals surface area (Å²) in [5, 5.41) is 0. The van der Waals surface area contributed by atoms with E-state index in [0.29, 0.717) is 5.82 Å². The predicted octanol–water partition coefficient (Wildman–Crippen LogP) is 13.0. The maximum absolute atomic E-state index is 5.07. The molecule has 2 nitrogen and oxygen atoms in total. The summed E-state index contributed by atoms with van der Waals surface area (Å²) in [6.07, 6.45) is 12.8. The predicted molar refractivity (Wildman–Crippen MR) is 216 cm³/mol. The van der Waals surface area contributed by atoms with E-state index in [0.717, 1.165) is 44.8 Å². The second-order valence-electron chi connectivity index (χ2n) is 11.6. The van der Waals surface area contributed by atoms with Gasteiger partial charge in [0, 0.05) is 16.7 Å². The fourth-order valence-corrected chi connectivity index (χ4v) is 5.42. The molecule has 2 heteroatoms. The monoisotopic (exact) mass is 644 g/mol. The van der Waals surface area contributed by atoms with Crippen LogP contribution in [0.15, 0.2) is 170 Å². The Morgan fingerprint density at radius 3 is 0.860 bits per heavy atom. The first kappa shape index (κ1) is 33.5. The number of nitrogens with zero attached hydrogens (tertiary/aromatic N) is 2. The van der Waals surface area contributed by atoms with Crippen molar-refractivity contribution in [3.8, 4) is 33.9 Å². The van der Waals surface area contributed by atoms with Crippen molar-refractivity contribution < 1.29 is 0 Å². The zero-order valence-corrected chi connectivity index (χ0v) is 28.5. The Kier molecular flexibility index (Phi) is 11.5. The lowest BCUT2D eigenvalue weighted by Crippen LogP contribution is -1.96. The van der Waals surface area contributed by atoms with Gasteiger partial charge in [0.1, 0.15) is 0 Å². The van der Waals surface area contributed by atoms with Crippen LogP contribution < -0.4 is 0 Å². The van der Waals surface area contributed by atoms with Gasteiger partial charge in [0.15, 0.2) is 5.82 Å². The largest absolute Gasteiger partial charge is 0.228 e. The molecule has 0 aliphatic rings. The van der Waals surface area contributed by atoms with Gasteiger partial charge in [-0.25, -0.2) is 9.97 Å². The fraction of sp³-hybridized carbons (Fsp3) is 0.0417. The summed E-state index contributed by atoms with van der Waals surface area (Å²) in [5.74, 6) is 0.696. The van der Waals surface area contributed by atoms with Gasteiger partial charge in [-0.1, -0.05) is 214 Å². The molecule has 242 valence electrons. The van der Waals surface area contributed by atoms with Gasteiger partial charge in [0.25, 0.3) is 0 Å². The molecule has 7 aromatic rings. The molecule has 6 aromatic carbocycles. The molecule has 0 aliphatic carbocycles. The average Bonchev–Trinajstić information content (AvgIpc) is 3.21. The quantitative estimate of drug-likeness (QED) is 0.146. The Balaban J connectivity index is 0.00000212. The van der Waals surface area contributed by atoms with Crippen LogP contribution in [0.4, 0.5) is 0 Å². The molecule has 1 heterocycles. The maximum atomic E-state index is 5.07. The highest BCUT2D eigenvalue weighted by Crippen LogP contribution is 2.29. The highest BCUT2D eigenvalue weighted by Gasteiger charge is 2.11. The number of hydrogen-bond acceptors (Lipinski definition) is 2. The molecule has 0 bridgehead atoms. The second kappa shape index (κ2) is 17.1. The van der Waals surface area contributed by atoms with Crippen LogP contribution >= 0.6 is 0 Å². The summed E-state index contributed by atoms with van der Waals surface area (Å²) < 4.78 is 0. The molecule has 0 aliphatic heterocycles. The minimum atomic E-state index is 0.696. The van der Waals surface area contributed by atoms with Gasteiger partial charge < -0.3 is 0 Å². The van der Waals surface area contributed by atoms with Crippen LogP contribution in [0.5, 0.6) is 0 Å². The van der Waals surface area contributed by atoms with E-state index in [-0.39, 0.29) is 0 Å². The summed E-state index contributed by atoms with van der Waals surface area (Å²) in [4.78, 5) is 10.1. The molecule has 0 saturated heterocycles. The molecule has 0 atom stereocenters. The van der Waals surface area contributed by atoms with Crippen LogP contribution in [0.3, 0.4) is 0 Å². The van der Waals surface area contributed by atoms with Crippen molar-refractivity contribution in [1.29, 1.82) is 0 Å². The molecule has 0 radical (unpaired) electrons. The third kappa shape index (κ3) is 9.15. The molecule has 50 heavy (non-hydrogen) atoms. The van der Waals surface area contributed by atoms with E-state index in [1.807, 2.05) is 32.0 Å². The minimum Gasteiger partial charge on any atom is -0.228 e. The van der Waals surface area contributed by atoms with E-state index in [2.05, 4.69) is 188 Å². The average molecular weight is 645 g/mol. The standard InChI is InChI=1S/C46H34N2.C2H6/c1-4-10-35(11-5-1)16-19-38-22-28-41(29-23-38)44-34-45(42-30-24-39(25-31-42)20-17-36-12-6-2-7-13-36)48-46(47-44)43-32-26-40(27-33-43)21-18-37-14-8-3-9-15-37;1-2/h1-34H;1-2H3/b19-16+,20-17+,21-18+;. The summed E-state index contributed by atoms with van der Waals surface area (Å²) in [6.45, 7) is 4.00. The Hall–Kier alpha value is -6.38. The van der Waals surface area contributed by atoms with Gasteiger partial charge in [0.2, 0.25) is 0 Å². The van der Waals surface area contributed by atoms with Crippen molar-refractivity contribution >= 4 is 36.5 Å². The third-order valence-electron chi connectivity index (χ3n) is 8.11. The number of benzene rings is 6. The topological polar surface area (TPSA) is 25.8 Å². The van der Waals surface area contributed by atoms with Crippen LogP contribution in [0, 0.1) is 0 Å². The van der Waals surface area contributed by atoms with Crippen molar-refractivity contribution in [1.82, 2.24) is 9.97 Å². The molecule has 0 spiro atoms. The highest BCUT2D eigenvalue weighted by molar-refractivity contribution is 5.77. The first-order valence-electron chi connectivity index (χ1n) is 17.1. The Morgan fingerprint density at radius 2 is 0.560 bits per heavy atom.